The van der Waals surface area contributed by atoms with Gasteiger partial charge >= 0.3 is 0 Å². The van der Waals surface area contributed by atoms with Gasteiger partial charge in [0, 0.05) is 31.4 Å². The average Bonchev–Trinajstić information content (AvgIpc) is 3.52. The van der Waals surface area contributed by atoms with Gasteiger partial charge in [-0.3, -0.25) is 9.36 Å². The summed E-state index contributed by atoms with van der Waals surface area (Å²) in [5.41, 5.74) is 2.30. The van der Waals surface area contributed by atoms with Crippen LogP contribution in [0.25, 0.3) is 0 Å². The van der Waals surface area contributed by atoms with Crippen LogP contribution in [0.5, 0.6) is 0 Å². The lowest BCUT2D eigenvalue weighted by Crippen LogP contribution is -2.37. The largest absolute Gasteiger partial charge is 0.376 e. The quantitative estimate of drug-likeness (QED) is 0.618. The van der Waals surface area contributed by atoms with Gasteiger partial charge in [-0.1, -0.05) is 36.9 Å². The smallest absolute Gasteiger partial charge is 0.237 e. The summed E-state index contributed by atoms with van der Waals surface area (Å²) in [6.45, 7) is 8.05. The molecular formula is C24H33N5O2S. The highest BCUT2D eigenvalue weighted by Crippen LogP contribution is 2.33. The number of carbonyl (C=O) groups is 1. The van der Waals surface area contributed by atoms with Crippen molar-refractivity contribution in [2.45, 2.75) is 69.8 Å². The van der Waals surface area contributed by atoms with Crippen LogP contribution in [0, 0.1) is 5.92 Å². The van der Waals surface area contributed by atoms with E-state index in [2.05, 4.69) is 45.6 Å². The van der Waals surface area contributed by atoms with E-state index in [9.17, 15) is 4.79 Å². The lowest BCUT2D eigenvalue weighted by atomic mass is 10.00. The molecule has 0 radical (unpaired) electrons. The fourth-order valence-electron chi connectivity index (χ4n) is 5.12. The number of aromatic nitrogens is 3. The van der Waals surface area contributed by atoms with E-state index in [1.165, 1.54) is 30.2 Å². The van der Waals surface area contributed by atoms with Crippen molar-refractivity contribution in [1.82, 2.24) is 14.8 Å². The molecule has 2 atom stereocenters. The summed E-state index contributed by atoms with van der Waals surface area (Å²) in [6.07, 6.45) is 5.66. The maximum atomic E-state index is 13.2. The van der Waals surface area contributed by atoms with Crippen LogP contribution in [0.2, 0.25) is 0 Å². The van der Waals surface area contributed by atoms with Crippen molar-refractivity contribution in [3.63, 3.8) is 0 Å². The number of anilines is 2. The number of ether oxygens (including phenoxy) is 1. The molecule has 1 aromatic heterocycles. The Bertz CT molecular complexity index is 950. The fourth-order valence-corrected chi connectivity index (χ4v) is 5.93. The van der Waals surface area contributed by atoms with Crippen LogP contribution in [0.15, 0.2) is 29.4 Å². The van der Waals surface area contributed by atoms with Crippen molar-refractivity contribution < 1.29 is 9.53 Å². The molecule has 2 saturated heterocycles. The Balaban J connectivity index is 1.32. The summed E-state index contributed by atoms with van der Waals surface area (Å²) < 4.78 is 8.12. The van der Waals surface area contributed by atoms with E-state index in [4.69, 9.17) is 4.74 Å². The number of hydrogen-bond acceptors (Lipinski definition) is 6. The molecule has 1 amide bonds. The Kier molecular flexibility index (Phi) is 6.42. The number of para-hydroxylation sites is 1. The van der Waals surface area contributed by atoms with E-state index in [-0.39, 0.29) is 18.1 Å². The second kappa shape index (κ2) is 9.43. The zero-order chi connectivity index (χ0) is 22.1. The predicted molar refractivity (Wildman–Crippen MR) is 127 cm³/mol. The molecule has 0 aliphatic carbocycles. The molecule has 5 rings (SSSR count). The van der Waals surface area contributed by atoms with Crippen LogP contribution in [-0.2, 0) is 22.5 Å². The predicted octanol–water partition coefficient (Wildman–Crippen LogP) is 3.76. The molecule has 3 aliphatic rings. The Hall–Kier alpha value is -2.06. The average molecular weight is 456 g/mol. The van der Waals surface area contributed by atoms with Gasteiger partial charge in [-0.2, -0.15) is 0 Å². The summed E-state index contributed by atoms with van der Waals surface area (Å²) in [5.74, 6) is 2.19. The Morgan fingerprint density at radius 1 is 1.16 bits per heavy atom. The first kappa shape index (κ1) is 21.8. The standard InChI is InChI=1S/C24H33N5O2S/c1-17-9-11-27(12-10-17)23-25-26-24(28(23)15-20-7-5-13-31-20)32-16-22(30)29-18(2)14-19-6-3-4-8-21(19)29/h3-4,6,8,17-18,20H,5,7,9-16H2,1-2H3/t18-,20-/m1/s1. The molecule has 172 valence electrons. The molecule has 1 aromatic carbocycles. The SMILES string of the molecule is CC1CCN(c2nnc(SCC(=O)N3c4ccccc4C[C@H]3C)n2C[C@H]2CCCO2)CC1. The molecule has 7 nitrogen and oxygen atoms in total. The van der Waals surface area contributed by atoms with Gasteiger partial charge in [0.1, 0.15) is 0 Å². The van der Waals surface area contributed by atoms with Crippen molar-refractivity contribution in [3.8, 4) is 0 Å². The first-order valence-corrected chi connectivity index (χ1v) is 12.9. The molecule has 32 heavy (non-hydrogen) atoms. The number of hydrogen-bond donors (Lipinski definition) is 0. The maximum Gasteiger partial charge on any atom is 0.237 e. The van der Waals surface area contributed by atoms with Gasteiger partial charge in [-0.05, 0) is 56.6 Å². The van der Waals surface area contributed by atoms with Crippen molar-refractivity contribution >= 4 is 29.3 Å². The summed E-state index contributed by atoms with van der Waals surface area (Å²) in [5, 5.41) is 9.92. The zero-order valence-corrected chi connectivity index (χ0v) is 19.9. The second-order valence-corrected chi connectivity index (χ2v) is 10.4. The number of amides is 1. The maximum absolute atomic E-state index is 13.2. The van der Waals surface area contributed by atoms with Crippen LogP contribution in [0.3, 0.4) is 0 Å². The van der Waals surface area contributed by atoms with Gasteiger partial charge in [0.2, 0.25) is 11.9 Å². The third-order valence-electron chi connectivity index (χ3n) is 6.97. The van der Waals surface area contributed by atoms with Crippen LogP contribution < -0.4 is 9.80 Å². The molecule has 4 heterocycles. The molecule has 8 heteroatoms. The molecule has 2 fully saturated rings. The molecule has 0 spiro atoms. The highest BCUT2D eigenvalue weighted by Gasteiger charge is 2.31. The van der Waals surface area contributed by atoms with Gasteiger partial charge in [0.05, 0.1) is 18.4 Å². The van der Waals surface area contributed by atoms with E-state index < -0.39 is 0 Å². The lowest BCUT2D eigenvalue weighted by molar-refractivity contribution is -0.116. The number of carbonyl (C=O) groups excluding carboxylic acids is 1. The summed E-state index contributed by atoms with van der Waals surface area (Å²) in [6, 6.07) is 8.42. The first-order valence-electron chi connectivity index (χ1n) is 11.9. The van der Waals surface area contributed by atoms with Gasteiger partial charge < -0.3 is 14.5 Å². The number of thioether (sulfide) groups is 1. The molecule has 3 aliphatic heterocycles. The lowest BCUT2D eigenvalue weighted by Gasteiger charge is -2.31. The third kappa shape index (κ3) is 4.39. The number of rotatable bonds is 6. The van der Waals surface area contributed by atoms with Gasteiger partial charge in [-0.25, -0.2) is 0 Å². The summed E-state index contributed by atoms with van der Waals surface area (Å²) in [4.78, 5) is 17.5. The number of benzene rings is 1. The monoisotopic (exact) mass is 455 g/mol. The Labute approximate surface area is 194 Å². The Morgan fingerprint density at radius 2 is 1.97 bits per heavy atom. The Morgan fingerprint density at radius 3 is 2.75 bits per heavy atom. The molecular weight excluding hydrogens is 422 g/mol. The van der Waals surface area contributed by atoms with Crippen molar-refractivity contribution in [1.29, 1.82) is 0 Å². The minimum atomic E-state index is 0.132. The van der Waals surface area contributed by atoms with Crippen LogP contribution in [-0.4, -0.2) is 58.3 Å². The van der Waals surface area contributed by atoms with Crippen molar-refractivity contribution in [2.75, 3.05) is 35.2 Å². The van der Waals surface area contributed by atoms with Gasteiger partial charge in [0.25, 0.3) is 0 Å². The number of piperidine rings is 1. The number of nitrogens with zero attached hydrogens (tertiary/aromatic N) is 5. The molecule has 0 bridgehead atoms. The zero-order valence-electron chi connectivity index (χ0n) is 19.1. The molecule has 2 aromatic rings. The van der Waals surface area contributed by atoms with Crippen LogP contribution in [0.4, 0.5) is 11.6 Å². The highest BCUT2D eigenvalue weighted by atomic mass is 32.2. The normalized spacial score (nSPS) is 23.7. The fraction of sp³-hybridized carbons (Fsp3) is 0.625. The van der Waals surface area contributed by atoms with Crippen molar-refractivity contribution in [3.05, 3.63) is 29.8 Å². The van der Waals surface area contributed by atoms with Gasteiger partial charge in [-0.15, -0.1) is 10.2 Å². The number of fused-ring (bicyclic) bond motifs is 1. The topological polar surface area (TPSA) is 63.5 Å². The van der Waals surface area contributed by atoms with E-state index in [0.29, 0.717) is 5.75 Å². The summed E-state index contributed by atoms with van der Waals surface area (Å²) >= 11 is 1.50. The molecule has 0 saturated carbocycles. The molecule has 0 N–H and O–H groups in total. The molecule has 0 unspecified atom stereocenters. The van der Waals surface area contributed by atoms with E-state index in [1.807, 2.05) is 17.0 Å². The van der Waals surface area contributed by atoms with Crippen molar-refractivity contribution in [2.24, 2.45) is 5.92 Å². The highest BCUT2D eigenvalue weighted by molar-refractivity contribution is 7.99. The van der Waals surface area contributed by atoms with E-state index >= 15 is 0 Å². The third-order valence-corrected chi connectivity index (χ3v) is 7.93. The van der Waals surface area contributed by atoms with Crippen LogP contribution >= 0.6 is 11.8 Å². The minimum absolute atomic E-state index is 0.132. The second-order valence-electron chi connectivity index (χ2n) is 9.43. The van der Waals surface area contributed by atoms with E-state index in [1.54, 1.807) is 0 Å². The van der Waals surface area contributed by atoms with Gasteiger partial charge in [0.15, 0.2) is 5.16 Å². The summed E-state index contributed by atoms with van der Waals surface area (Å²) in [7, 11) is 0. The minimum Gasteiger partial charge on any atom is -0.376 e. The van der Waals surface area contributed by atoms with Crippen LogP contribution in [0.1, 0.15) is 45.1 Å². The van der Waals surface area contributed by atoms with E-state index in [0.717, 1.165) is 68.2 Å². The first-order chi connectivity index (χ1) is 15.6.